The number of halogens is 2. The number of nitrogens with zero attached hydrogens (tertiary/aromatic N) is 3. The van der Waals surface area contributed by atoms with E-state index in [9.17, 15) is 9.18 Å². The first-order valence-corrected chi connectivity index (χ1v) is 9.79. The number of carbonyl (C=O) groups excluding carboxylic acids is 1. The van der Waals surface area contributed by atoms with Gasteiger partial charge in [0.15, 0.2) is 11.6 Å². The van der Waals surface area contributed by atoms with Gasteiger partial charge in [-0.05, 0) is 29.8 Å². The first-order chi connectivity index (χ1) is 14.0. The molecule has 7 nitrogen and oxygen atoms in total. The third kappa shape index (κ3) is 4.72. The Morgan fingerprint density at radius 2 is 2.14 bits per heavy atom. The summed E-state index contributed by atoms with van der Waals surface area (Å²) in [5, 5.41) is 3.13. The van der Waals surface area contributed by atoms with Gasteiger partial charge in [-0.2, -0.15) is 0 Å². The Morgan fingerprint density at radius 3 is 2.86 bits per heavy atom. The SMILES string of the molecule is O=C(CN1CCC2(CC1)N=C(c1ccccn1)NO2)NCc1ccc(F)cc1Cl. The molecular formula is C20H21ClFN5O2. The monoisotopic (exact) mass is 417 g/mol. The van der Waals surface area contributed by atoms with Gasteiger partial charge < -0.3 is 5.32 Å². The number of likely N-dealkylation sites (tertiary alicyclic amines) is 1. The minimum absolute atomic E-state index is 0.107. The fraction of sp³-hybridized carbons (Fsp3) is 0.350. The third-order valence-electron chi connectivity index (χ3n) is 5.06. The quantitative estimate of drug-likeness (QED) is 0.780. The van der Waals surface area contributed by atoms with Crippen LogP contribution in [-0.2, 0) is 16.2 Å². The summed E-state index contributed by atoms with van der Waals surface area (Å²) in [5.74, 6) is 0.127. The maximum absolute atomic E-state index is 13.1. The molecule has 1 amide bonds. The van der Waals surface area contributed by atoms with Crippen molar-refractivity contribution in [2.45, 2.75) is 25.1 Å². The molecule has 1 saturated heterocycles. The number of amides is 1. The van der Waals surface area contributed by atoms with Crippen LogP contribution in [0.1, 0.15) is 24.1 Å². The lowest BCUT2D eigenvalue weighted by molar-refractivity contribution is -0.125. The van der Waals surface area contributed by atoms with Crippen molar-refractivity contribution in [2.24, 2.45) is 4.99 Å². The average molecular weight is 418 g/mol. The van der Waals surface area contributed by atoms with E-state index in [-0.39, 0.29) is 19.0 Å². The zero-order valence-corrected chi connectivity index (χ0v) is 16.5. The summed E-state index contributed by atoms with van der Waals surface area (Å²) < 4.78 is 13.1. The van der Waals surface area contributed by atoms with Crippen LogP contribution in [-0.4, -0.2) is 47.0 Å². The average Bonchev–Trinajstić information content (AvgIpc) is 3.14. The normalized spacial score (nSPS) is 18.3. The molecule has 1 aromatic carbocycles. The molecule has 4 rings (SSSR count). The van der Waals surface area contributed by atoms with Crippen LogP contribution in [0.3, 0.4) is 0 Å². The van der Waals surface area contributed by atoms with Gasteiger partial charge in [0.25, 0.3) is 0 Å². The van der Waals surface area contributed by atoms with Crippen molar-refractivity contribution in [2.75, 3.05) is 19.6 Å². The third-order valence-corrected chi connectivity index (χ3v) is 5.41. The van der Waals surface area contributed by atoms with Crippen molar-refractivity contribution in [1.82, 2.24) is 20.7 Å². The predicted octanol–water partition coefficient (Wildman–Crippen LogP) is 2.26. The van der Waals surface area contributed by atoms with E-state index >= 15 is 0 Å². The first-order valence-electron chi connectivity index (χ1n) is 9.41. The zero-order valence-electron chi connectivity index (χ0n) is 15.7. The summed E-state index contributed by atoms with van der Waals surface area (Å²) in [5.41, 5.74) is 3.70. The van der Waals surface area contributed by atoms with Gasteiger partial charge in [-0.25, -0.2) is 19.7 Å². The summed E-state index contributed by atoms with van der Waals surface area (Å²) in [7, 11) is 0. The van der Waals surface area contributed by atoms with Crippen LogP contribution in [0.15, 0.2) is 47.6 Å². The molecule has 0 unspecified atom stereocenters. The number of hydrogen-bond donors (Lipinski definition) is 2. The van der Waals surface area contributed by atoms with Crippen molar-refractivity contribution in [3.05, 3.63) is 64.7 Å². The highest BCUT2D eigenvalue weighted by Crippen LogP contribution is 2.30. The second kappa shape index (κ2) is 8.44. The zero-order chi connectivity index (χ0) is 20.3. The lowest BCUT2D eigenvalue weighted by Crippen LogP contribution is -2.47. The second-order valence-electron chi connectivity index (χ2n) is 7.11. The van der Waals surface area contributed by atoms with Crippen molar-refractivity contribution in [1.29, 1.82) is 0 Å². The maximum atomic E-state index is 13.1. The highest BCUT2D eigenvalue weighted by atomic mass is 35.5. The molecule has 29 heavy (non-hydrogen) atoms. The summed E-state index contributed by atoms with van der Waals surface area (Å²) in [6, 6.07) is 9.77. The van der Waals surface area contributed by atoms with Gasteiger partial charge in [-0.3, -0.25) is 14.7 Å². The molecule has 3 heterocycles. The van der Waals surface area contributed by atoms with E-state index in [1.807, 2.05) is 18.2 Å². The number of hydrogen-bond acceptors (Lipinski definition) is 6. The van der Waals surface area contributed by atoms with Crippen molar-refractivity contribution in [3.63, 3.8) is 0 Å². The van der Waals surface area contributed by atoms with Gasteiger partial charge in [0, 0.05) is 43.7 Å². The van der Waals surface area contributed by atoms with E-state index in [1.165, 1.54) is 12.1 Å². The number of nitrogens with one attached hydrogen (secondary N) is 2. The Kier molecular flexibility index (Phi) is 5.75. The van der Waals surface area contributed by atoms with E-state index < -0.39 is 11.5 Å². The van der Waals surface area contributed by atoms with Crippen molar-refractivity contribution < 1.29 is 14.0 Å². The minimum Gasteiger partial charge on any atom is -0.351 e. The molecule has 1 fully saturated rings. The number of piperidine rings is 1. The molecule has 1 spiro atoms. The molecule has 0 atom stereocenters. The Hall–Kier alpha value is -2.55. The van der Waals surface area contributed by atoms with E-state index in [0.717, 1.165) is 5.69 Å². The lowest BCUT2D eigenvalue weighted by Gasteiger charge is -2.35. The van der Waals surface area contributed by atoms with E-state index in [2.05, 4.69) is 20.7 Å². The number of pyridine rings is 1. The number of aromatic nitrogens is 1. The molecule has 1 aromatic heterocycles. The van der Waals surface area contributed by atoms with Crippen LogP contribution in [0, 0.1) is 5.82 Å². The van der Waals surface area contributed by atoms with Gasteiger partial charge >= 0.3 is 0 Å². The Labute approximate surface area is 172 Å². The first kappa shape index (κ1) is 19.8. The summed E-state index contributed by atoms with van der Waals surface area (Å²) in [4.78, 5) is 29.1. The van der Waals surface area contributed by atoms with Gasteiger partial charge in [0.1, 0.15) is 11.5 Å². The Morgan fingerprint density at radius 1 is 1.31 bits per heavy atom. The molecule has 0 radical (unpaired) electrons. The number of hydroxylamine groups is 1. The molecular weight excluding hydrogens is 397 g/mol. The number of carbonyl (C=O) groups is 1. The van der Waals surface area contributed by atoms with Gasteiger partial charge in [-0.15, -0.1) is 0 Å². The number of rotatable bonds is 5. The smallest absolute Gasteiger partial charge is 0.234 e. The molecule has 0 aliphatic carbocycles. The van der Waals surface area contributed by atoms with Crippen LogP contribution in [0.25, 0.3) is 0 Å². The molecule has 9 heteroatoms. The van der Waals surface area contributed by atoms with E-state index in [0.29, 0.717) is 42.4 Å². The minimum atomic E-state index is -0.610. The molecule has 0 bridgehead atoms. The Bertz CT molecular complexity index is 916. The van der Waals surface area contributed by atoms with Crippen LogP contribution >= 0.6 is 11.6 Å². The van der Waals surface area contributed by atoms with E-state index in [1.54, 1.807) is 12.3 Å². The summed E-state index contributed by atoms with van der Waals surface area (Å²) in [6.45, 7) is 1.91. The largest absolute Gasteiger partial charge is 0.351 e. The highest BCUT2D eigenvalue weighted by Gasteiger charge is 2.40. The molecule has 0 saturated carbocycles. The second-order valence-corrected chi connectivity index (χ2v) is 7.52. The fourth-order valence-electron chi connectivity index (χ4n) is 3.40. The standard InChI is InChI=1S/C20H21ClFN5O2/c21-16-11-15(22)5-4-14(16)12-24-18(28)13-27-9-6-20(7-10-27)25-19(26-29-20)17-3-1-2-8-23-17/h1-5,8,11H,6-7,9-10,12-13H2,(H,24,28)(H,25,26). The number of benzene rings is 1. The van der Waals surface area contributed by atoms with Crippen molar-refractivity contribution in [3.8, 4) is 0 Å². The van der Waals surface area contributed by atoms with Gasteiger partial charge in [0.05, 0.1) is 6.54 Å². The van der Waals surface area contributed by atoms with Crippen LogP contribution in [0.5, 0.6) is 0 Å². The molecule has 152 valence electrons. The Balaban J connectivity index is 1.27. The summed E-state index contributed by atoms with van der Waals surface area (Å²) in [6.07, 6.45) is 3.06. The maximum Gasteiger partial charge on any atom is 0.234 e. The predicted molar refractivity (Wildman–Crippen MR) is 107 cm³/mol. The van der Waals surface area contributed by atoms with Crippen LogP contribution < -0.4 is 10.8 Å². The van der Waals surface area contributed by atoms with Crippen molar-refractivity contribution >= 4 is 23.3 Å². The topological polar surface area (TPSA) is 78.9 Å². The fourth-order valence-corrected chi connectivity index (χ4v) is 3.63. The lowest BCUT2D eigenvalue weighted by atomic mass is 10.0. The molecule has 2 N–H and O–H groups in total. The molecule has 2 aliphatic heterocycles. The van der Waals surface area contributed by atoms with Gasteiger partial charge in [-0.1, -0.05) is 23.7 Å². The van der Waals surface area contributed by atoms with Crippen LogP contribution in [0.4, 0.5) is 4.39 Å². The molecule has 2 aromatic rings. The van der Waals surface area contributed by atoms with E-state index in [4.69, 9.17) is 21.4 Å². The molecule has 2 aliphatic rings. The highest BCUT2D eigenvalue weighted by molar-refractivity contribution is 6.31. The summed E-state index contributed by atoms with van der Waals surface area (Å²) >= 11 is 5.99. The van der Waals surface area contributed by atoms with Crippen LogP contribution in [0.2, 0.25) is 5.02 Å². The number of aliphatic imine (C=N–C) groups is 1. The van der Waals surface area contributed by atoms with Gasteiger partial charge in [0.2, 0.25) is 5.91 Å². The number of amidine groups is 1.